The maximum absolute atomic E-state index is 12.9. The zero-order valence-corrected chi connectivity index (χ0v) is 19.6. The molecule has 0 fully saturated rings. The number of carbonyl (C=O) groups excluding carboxylic acids is 1. The molecule has 0 aliphatic heterocycles. The van der Waals surface area contributed by atoms with Gasteiger partial charge < -0.3 is 26.4 Å². The number of guanidine groups is 1. The van der Waals surface area contributed by atoms with Crippen LogP contribution in [0.5, 0.6) is 0 Å². The summed E-state index contributed by atoms with van der Waals surface area (Å²) in [5.74, 6) is 0.142. The van der Waals surface area contributed by atoms with Gasteiger partial charge in [0.1, 0.15) is 4.88 Å². The Morgan fingerprint density at radius 3 is 2.62 bits per heavy atom. The fourth-order valence-electron chi connectivity index (χ4n) is 3.39. The van der Waals surface area contributed by atoms with Crippen LogP contribution in [0.15, 0.2) is 77.2 Å². The topological polar surface area (TPSA) is 114 Å². The number of carbonyl (C=O) groups is 1. The number of benzene rings is 2. The number of nitrogens with zero attached hydrogens (tertiary/aromatic N) is 2. The summed E-state index contributed by atoms with van der Waals surface area (Å²) in [7, 11) is 1.62. The number of rotatable bonds is 9. The fourth-order valence-corrected chi connectivity index (χ4v) is 4.16. The summed E-state index contributed by atoms with van der Waals surface area (Å²) in [5.41, 5.74) is 10.2. The fraction of sp³-hybridized carbons (Fsp3) is 0.160. The van der Waals surface area contributed by atoms with Crippen molar-refractivity contribution < 1.29 is 9.53 Å². The highest BCUT2D eigenvalue weighted by molar-refractivity contribution is 7.12. The molecule has 2 aromatic carbocycles. The molecule has 9 heteroatoms. The van der Waals surface area contributed by atoms with Crippen LogP contribution in [0.25, 0.3) is 10.9 Å². The number of aliphatic imine (C=N–C) groups is 1. The number of ether oxygens (including phenoxy) is 1. The molecule has 0 aliphatic rings. The summed E-state index contributed by atoms with van der Waals surface area (Å²) in [5, 5.41) is 12.4. The number of thiophene rings is 1. The predicted molar refractivity (Wildman–Crippen MR) is 140 cm³/mol. The molecular weight excluding hydrogens is 448 g/mol. The number of aromatic nitrogens is 1. The molecule has 1 amide bonds. The lowest BCUT2D eigenvalue weighted by Gasteiger charge is -2.11. The second kappa shape index (κ2) is 11.3. The van der Waals surface area contributed by atoms with E-state index in [1.54, 1.807) is 13.3 Å². The first-order valence-corrected chi connectivity index (χ1v) is 11.6. The van der Waals surface area contributed by atoms with E-state index in [2.05, 4.69) is 32.0 Å². The summed E-state index contributed by atoms with van der Waals surface area (Å²) in [6.07, 6.45) is 1.80. The second-order valence-corrected chi connectivity index (χ2v) is 8.34. The zero-order chi connectivity index (χ0) is 23.8. The molecule has 0 aliphatic carbocycles. The lowest BCUT2D eigenvalue weighted by Crippen LogP contribution is -2.23. The van der Waals surface area contributed by atoms with Crippen molar-refractivity contribution in [2.24, 2.45) is 10.7 Å². The van der Waals surface area contributed by atoms with Crippen molar-refractivity contribution in [2.75, 3.05) is 36.2 Å². The van der Waals surface area contributed by atoms with Crippen molar-refractivity contribution in [3.05, 3.63) is 82.7 Å². The third kappa shape index (κ3) is 5.89. The normalized spacial score (nSPS) is 11.4. The highest BCUT2D eigenvalue weighted by Crippen LogP contribution is 2.26. The molecule has 2 heterocycles. The zero-order valence-electron chi connectivity index (χ0n) is 18.7. The Hall–Kier alpha value is -3.95. The molecule has 8 nitrogen and oxygen atoms in total. The Bertz CT molecular complexity index is 1280. The SMILES string of the molecule is COCCN=C(N)Nc1ccc(NC(=O)c2sccc2NCc2ccnc3ccccc23)cc1. The third-order valence-corrected chi connectivity index (χ3v) is 5.99. The van der Waals surface area contributed by atoms with Crippen molar-refractivity contribution in [3.63, 3.8) is 0 Å². The lowest BCUT2D eigenvalue weighted by molar-refractivity contribution is 0.103. The number of anilines is 3. The van der Waals surface area contributed by atoms with Crippen LogP contribution in [0, 0.1) is 0 Å². The van der Waals surface area contributed by atoms with Crippen LogP contribution in [0.2, 0.25) is 0 Å². The maximum Gasteiger partial charge on any atom is 0.267 e. The molecule has 4 rings (SSSR count). The van der Waals surface area contributed by atoms with Crippen molar-refractivity contribution in [2.45, 2.75) is 6.54 Å². The number of nitrogens with two attached hydrogens (primary N) is 1. The first kappa shape index (κ1) is 23.2. The van der Waals surface area contributed by atoms with Crippen LogP contribution in [-0.4, -0.2) is 37.1 Å². The highest BCUT2D eigenvalue weighted by Gasteiger charge is 2.14. The number of para-hydroxylation sites is 1. The van der Waals surface area contributed by atoms with Crippen LogP contribution in [0.1, 0.15) is 15.2 Å². The average molecular weight is 475 g/mol. The summed E-state index contributed by atoms with van der Waals surface area (Å²) in [6, 6.07) is 19.2. The minimum atomic E-state index is -0.168. The Balaban J connectivity index is 1.37. The summed E-state index contributed by atoms with van der Waals surface area (Å²) in [4.78, 5) is 22.1. The minimum absolute atomic E-state index is 0.168. The van der Waals surface area contributed by atoms with Crippen molar-refractivity contribution in [3.8, 4) is 0 Å². The molecule has 0 bridgehead atoms. The van der Waals surface area contributed by atoms with Crippen LogP contribution in [-0.2, 0) is 11.3 Å². The van der Waals surface area contributed by atoms with Gasteiger partial charge in [-0.1, -0.05) is 18.2 Å². The Kier molecular flexibility index (Phi) is 7.69. The van der Waals surface area contributed by atoms with E-state index in [4.69, 9.17) is 10.5 Å². The smallest absolute Gasteiger partial charge is 0.267 e. The van der Waals surface area contributed by atoms with Gasteiger partial charge >= 0.3 is 0 Å². The number of hydrogen-bond acceptors (Lipinski definition) is 6. The van der Waals surface area contributed by atoms with Gasteiger partial charge in [0, 0.05) is 36.6 Å². The molecule has 0 saturated heterocycles. The van der Waals surface area contributed by atoms with Gasteiger partial charge in [-0.2, -0.15) is 0 Å². The second-order valence-electron chi connectivity index (χ2n) is 7.42. The van der Waals surface area contributed by atoms with Crippen molar-refractivity contribution in [1.82, 2.24) is 4.98 Å². The van der Waals surface area contributed by atoms with E-state index in [-0.39, 0.29) is 5.91 Å². The summed E-state index contributed by atoms with van der Waals surface area (Å²) < 4.78 is 4.95. The van der Waals surface area contributed by atoms with E-state index in [0.29, 0.717) is 36.2 Å². The van der Waals surface area contributed by atoms with Gasteiger partial charge in [0.05, 0.1) is 24.4 Å². The highest BCUT2D eigenvalue weighted by atomic mass is 32.1. The van der Waals surface area contributed by atoms with Crippen LogP contribution < -0.4 is 21.7 Å². The van der Waals surface area contributed by atoms with Crippen LogP contribution >= 0.6 is 11.3 Å². The molecule has 0 saturated carbocycles. The predicted octanol–water partition coefficient (Wildman–Crippen LogP) is 4.53. The van der Waals surface area contributed by atoms with E-state index in [0.717, 1.165) is 27.8 Å². The molecule has 34 heavy (non-hydrogen) atoms. The van der Waals surface area contributed by atoms with Crippen LogP contribution in [0.4, 0.5) is 17.1 Å². The first-order chi connectivity index (χ1) is 16.6. The van der Waals surface area contributed by atoms with Gasteiger partial charge in [0.2, 0.25) is 0 Å². The monoisotopic (exact) mass is 474 g/mol. The van der Waals surface area contributed by atoms with Gasteiger partial charge in [-0.25, -0.2) is 0 Å². The van der Waals surface area contributed by atoms with Gasteiger partial charge in [-0.3, -0.25) is 14.8 Å². The Labute approximate surface area is 201 Å². The van der Waals surface area contributed by atoms with Crippen LogP contribution in [0.3, 0.4) is 0 Å². The Morgan fingerprint density at radius 1 is 1.06 bits per heavy atom. The number of amides is 1. The quantitative estimate of drug-likeness (QED) is 0.161. The number of hydrogen-bond donors (Lipinski definition) is 4. The average Bonchev–Trinajstić information content (AvgIpc) is 3.33. The van der Waals surface area contributed by atoms with E-state index in [1.807, 2.05) is 60.0 Å². The molecule has 5 N–H and O–H groups in total. The molecule has 4 aromatic rings. The van der Waals surface area contributed by atoms with Crippen molar-refractivity contribution >= 4 is 51.2 Å². The van der Waals surface area contributed by atoms with E-state index in [1.165, 1.54) is 11.3 Å². The molecular formula is C25H26N6O2S. The minimum Gasteiger partial charge on any atom is -0.383 e. The molecule has 0 unspecified atom stereocenters. The van der Waals surface area contributed by atoms with Crippen molar-refractivity contribution in [1.29, 1.82) is 0 Å². The van der Waals surface area contributed by atoms with E-state index < -0.39 is 0 Å². The largest absolute Gasteiger partial charge is 0.383 e. The number of fused-ring (bicyclic) bond motifs is 1. The summed E-state index contributed by atoms with van der Waals surface area (Å²) >= 11 is 1.39. The maximum atomic E-state index is 12.9. The number of methoxy groups -OCH3 is 1. The number of pyridine rings is 1. The van der Waals surface area contributed by atoms with Gasteiger partial charge in [0.25, 0.3) is 5.91 Å². The number of nitrogens with one attached hydrogen (secondary N) is 3. The van der Waals surface area contributed by atoms with Gasteiger partial charge in [0.15, 0.2) is 5.96 Å². The third-order valence-electron chi connectivity index (χ3n) is 5.07. The Morgan fingerprint density at radius 2 is 1.82 bits per heavy atom. The van der Waals surface area contributed by atoms with Gasteiger partial charge in [-0.05, 0) is 53.4 Å². The molecule has 0 atom stereocenters. The van der Waals surface area contributed by atoms with E-state index in [9.17, 15) is 4.79 Å². The molecule has 2 aromatic heterocycles. The molecule has 174 valence electrons. The standard InChI is InChI=1S/C25H26N6O2S/c1-33-14-13-28-25(26)31-19-8-6-18(7-9-19)30-24(32)23-22(11-15-34-23)29-16-17-10-12-27-21-5-3-2-4-20(17)21/h2-12,15,29H,13-14,16H2,1H3,(H,30,32)(H3,26,28,31). The first-order valence-electron chi connectivity index (χ1n) is 10.8. The van der Waals surface area contributed by atoms with Gasteiger partial charge in [-0.15, -0.1) is 11.3 Å². The molecule has 0 spiro atoms. The lowest BCUT2D eigenvalue weighted by atomic mass is 10.1. The molecule has 0 radical (unpaired) electrons. The summed E-state index contributed by atoms with van der Waals surface area (Å²) in [6.45, 7) is 1.58. The van der Waals surface area contributed by atoms with E-state index >= 15 is 0 Å².